The number of anilines is 1. The van der Waals surface area contributed by atoms with Crippen molar-refractivity contribution in [3.8, 4) is 0 Å². The molecule has 1 aliphatic heterocycles. The Morgan fingerprint density at radius 1 is 1.26 bits per heavy atom. The van der Waals surface area contributed by atoms with E-state index in [9.17, 15) is 9.59 Å². The molecule has 0 saturated heterocycles. The molecule has 5 nitrogen and oxygen atoms in total. The van der Waals surface area contributed by atoms with E-state index in [1.165, 1.54) is 20.0 Å². The van der Waals surface area contributed by atoms with Crippen LogP contribution in [0.2, 0.25) is 0 Å². The molecule has 1 N–H and O–H groups in total. The van der Waals surface area contributed by atoms with Gasteiger partial charge < -0.3 is 15.0 Å². The van der Waals surface area contributed by atoms with E-state index < -0.39 is 0 Å². The largest absolute Gasteiger partial charge is 0.465 e. The fraction of sp³-hybridized carbons (Fsp3) is 0.556. The quantitative estimate of drug-likeness (QED) is 0.866. The number of methoxy groups -OCH3 is 1. The Balaban J connectivity index is 1.73. The fourth-order valence-electron chi connectivity index (χ4n) is 3.68. The molecule has 0 bridgehead atoms. The molecule has 0 radical (unpaired) electrons. The van der Waals surface area contributed by atoms with Gasteiger partial charge in [0.05, 0.1) is 19.2 Å². The summed E-state index contributed by atoms with van der Waals surface area (Å²) in [6.07, 6.45) is 6.39. The average Bonchev–Trinajstić information content (AvgIpc) is 3.06. The van der Waals surface area contributed by atoms with E-state index in [1.807, 2.05) is 12.1 Å². The Bertz CT molecular complexity index is 594. The summed E-state index contributed by atoms with van der Waals surface area (Å²) in [6.45, 7) is 1.20. The fourth-order valence-corrected chi connectivity index (χ4v) is 3.68. The van der Waals surface area contributed by atoms with Crippen LogP contribution >= 0.6 is 0 Å². The molecule has 1 amide bonds. The molecule has 0 unspecified atom stereocenters. The lowest BCUT2D eigenvalue weighted by Crippen LogP contribution is -2.43. The Morgan fingerprint density at radius 2 is 2.04 bits per heavy atom. The van der Waals surface area contributed by atoms with E-state index in [-0.39, 0.29) is 11.9 Å². The van der Waals surface area contributed by atoms with Crippen molar-refractivity contribution in [2.75, 3.05) is 25.1 Å². The number of carbonyl (C=O) groups excluding carboxylic acids is 2. The summed E-state index contributed by atoms with van der Waals surface area (Å²) >= 11 is 0. The van der Waals surface area contributed by atoms with Crippen LogP contribution in [0.1, 0.15) is 48.0 Å². The molecule has 0 atom stereocenters. The molecular formula is C18H24N2O3. The SMILES string of the molecule is COC(=O)c1cccc2c1CCCN2CC(=O)NC1CCCC1. The van der Waals surface area contributed by atoms with Gasteiger partial charge in [0.2, 0.25) is 5.91 Å². The molecule has 5 heteroatoms. The topological polar surface area (TPSA) is 58.6 Å². The van der Waals surface area contributed by atoms with E-state index in [2.05, 4.69) is 10.2 Å². The minimum Gasteiger partial charge on any atom is -0.465 e. The van der Waals surface area contributed by atoms with Crippen LogP contribution in [0, 0.1) is 0 Å². The highest BCUT2D eigenvalue weighted by Gasteiger charge is 2.25. The predicted molar refractivity (Wildman–Crippen MR) is 88.7 cm³/mol. The number of amides is 1. The molecule has 124 valence electrons. The number of esters is 1. The van der Waals surface area contributed by atoms with Gasteiger partial charge in [0.1, 0.15) is 0 Å². The first-order valence-electron chi connectivity index (χ1n) is 8.43. The molecule has 1 saturated carbocycles. The van der Waals surface area contributed by atoms with Crippen LogP contribution < -0.4 is 10.2 Å². The second kappa shape index (κ2) is 7.02. The van der Waals surface area contributed by atoms with Gasteiger partial charge in [-0.1, -0.05) is 18.9 Å². The summed E-state index contributed by atoms with van der Waals surface area (Å²) in [6, 6.07) is 5.99. The molecule has 3 rings (SSSR count). The maximum absolute atomic E-state index is 12.3. The standard InChI is InChI=1S/C18H24N2O3/c1-23-18(22)15-8-4-10-16-14(15)9-5-11-20(16)12-17(21)19-13-6-2-3-7-13/h4,8,10,13H,2-3,5-7,9,11-12H2,1H3,(H,19,21). The summed E-state index contributed by atoms with van der Waals surface area (Å²) in [5.41, 5.74) is 2.60. The number of nitrogens with one attached hydrogen (secondary N) is 1. The highest BCUT2D eigenvalue weighted by Crippen LogP contribution is 2.30. The predicted octanol–water partition coefficient (Wildman–Crippen LogP) is 2.28. The molecule has 1 fully saturated rings. The van der Waals surface area contributed by atoms with Crippen molar-refractivity contribution in [3.63, 3.8) is 0 Å². The van der Waals surface area contributed by atoms with E-state index >= 15 is 0 Å². The molecule has 1 aliphatic carbocycles. The first kappa shape index (κ1) is 15.8. The van der Waals surface area contributed by atoms with E-state index in [0.717, 1.165) is 43.5 Å². The van der Waals surface area contributed by atoms with Crippen molar-refractivity contribution < 1.29 is 14.3 Å². The molecule has 2 aliphatic rings. The second-order valence-electron chi connectivity index (χ2n) is 6.37. The van der Waals surface area contributed by atoms with Crippen LogP contribution in [0.4, 0.5) is 5.69 Å². The van der Waals surface area contributed by atoms with Crippen molar-refractivity contribution in [1.29, 1.82) is 0 Å². The third-order valence-electron chi connectivity index (χ3n) is 4.81. The lowest BCUT2D eigenvalue weighted by molar-refractivity contribution is -0.120. The van der Waals surface area contributed by atoms with Crippen molar-refractivity contribution in [1.82, 2.24) is 5.32 Å². The molecule has 0 spiro atoms. The van der Waals surface area contributed by atoms with Gasteiger partial charge in [0.15, 0.2) is 0 Å². The summed E-state index contributed by atoms with van der Waals surface area (Å²) in [4.78, 5) is 26.3. The molecule has 23 heavy (non-hydrogen) atoms. The van der Waals surface area contributed by atoms with Crippen LogP contribution in [0.25, 0.3) is 0 Å². The molecular weight excluding hydrogens is 292 g/mol. The lowest BCUT2D eigenvalue weighted by Gasteiger charge is -2.32. The summed E-state index contributed by atoms with van der Waals surface area (Å²) in [5, 5.41) is 3.13. The van der Waals surface area contributed by atoms with Gasteiger partial charge in [-0.05, 0) is 43.4 Å². The number of ether oxygens (including phenoxy) is 1. The van der Waals surface area contributed by atoms with Gasteiger partial charge in [0.25, 0.3) is 0 Å². The second-order valence-corrected chi connectivity index (χ2v) is 6.37. The number of carbonyl (C=O) groups is 2. The van der Waals surface area contributed by atoms with Gasteiger partial charge in [-0.2, -0.15) is 0 Å². The molecule has 1 aromatic rings. The Kier molecular flexibility index (Phi) is 4.84. The van der Waals surface area contributed by atoms with Crippen molar-refractivity contribution in [2.45, 2.75) is 44.6 Å². The third kappa shape index (κ3) is 3.49. The maximum Gasteiger partial charge on any atom is 0.338 e. The monoisotopic (exact) mass is 316 g/mol. The Morgan fingerprint density at radius 3 is 2.78 bits per heavy atom. The number of fused-ring (bicyclic) bond motifs is 1. The van der Waals surface area contributed by atoms with Crippen LogP contribution in [-0.2, 0) is 16.0 Å². The van der Waals surface area contributed by atoms with Crippen LogP contribution in [0.15, 0.2) is 18.2 Å². The highest BCUT2D eigenvalue weighted by atomic mass is 16.5. The molecule has 0 aromatic heterocycles. The molecule has 1 heterocycles. The summed E-state index contributed by atoms with van der Waals surface area (Å²) in [5.74, 6) is -0.229. The van der Waals surface area contributed by atoms with Gasteiger partial charge >= 0.3 is 5.97 Å². The van der Waals surface area contributed by atoms with Crippen LogP contribution in [0.3, 0.4) is 0 Å². The Labute approximate surface area is 137 Å². The lowest BCUT2D eigenvalue weighted by atomic mass is 9.96. The number of hydrogen-bond acceptors (Lipinski definition) is 4. The zero-order valence-corrected chi connectivity index (χ0v) is 13.6. The number of rotatable bonds is 4. The van der Waals surface area contributed by atoms with E-state index in [4.69, 9.17) is 4.74 Å². The average molecular weight is 316 g/mol. The number of nitrogens with zero attached hydrogens (tertiary/aromatic N) is 1. The smallest absolute Gasteiger partial charge is 0.338 e. The zero-order chi connectivity index (χ0) is 16.2. The zero-order valence-electron chi connectivity index (χ0n) is 13.6. The summed E-state index contributed by atoms with van der Waals surface area (Å²) in [7, 11) is 1.40. The number of hydrogen-bond donors (Lipinski definition) is 1. The van der Waals surface area contributed by atoms with Crippen LogP contribution in [-0.4, -0.2) is 38.1 Å². The first-order chi connectivity index (χ1) is 11.2. The van der Waals surface area contributed by atoms with Crippen molar-refractivity contribution in [3.05, 3.63) is 29.3 Å². The van der Waals surface area contributed by atoms with Gasteiger partial charge in [-0.15, -0.1) is 0 Å². The van der Waals surface area contributed by atoms with Gasteiger partial charge in [-0.3, -0.25) is 4.79 Å². The van der Waals surface area contributed by atoms with E-state index in [1.54, 1.807) is 6.07 Å². The maximum atomic E-state index is 12.3. The van der Waals surface area contributed by atoms with Gasteiger partial charge in [-0.25, -0.2) is 4.79 Å². The minimum atomic E-state index is -0.306. The third-order valence-corrected chi connectivity index (χ3v) is 4.81. The number of benzene rings is 1. The molecule has 1 aromatic carbocycles. The van der Waals surface area contributed by atoms with Gasteiger partial charge in [0, 0.05) is 18.3 Å². The van der Waals surface area contributed by atoms with Crippen LogP contribution in [0.5, 0.6) is 0 Å². The first-order valence-corrected chi connectivity index (χ1v) is 8.43. The Hall–Kier alpha value is -2.04. The summed E-state index contributed by atoms with van der Waals surface area (Å²) < 4.78 is 4.87. The van der Waals surface area contributed by atoms with Crippen molar-refractivity contribution in [2.24, 2.45) is 0 Å². The van der Waals surface area contributed by atoms with E-state index in [0.29, 0.717) is 18.2 Å². The minimum absolute atomic E-state index is 0.0771. The highest BCUT2D eigenvalue weighted by molar-refractivity contribution is 5.93. The normalized spacial score (nSPS) is 17.7. The van der Waals surface area contributed by atoms with Crippen molar-refractivity contribution >= 4 is 17.6 Å².